The number of hydrogen-bond acceptors (Lipinski definition) is 1. The van der Waals surface area contributed by atoms with E-state index in [2.05, 4.69) is 49.4 Å². The van der Waals surface area contributed by atoms with Gasteiger partial charge in [0.2, 0.25) is 0 Å². The first-order valence-electron chi connectivity index (χ1n) is 6.85. The van der Waals surface area contributed by atoms with Crippen molar-refractivity contribution in [2.24, 2.45) is 0 Å². The van der Waals surface area contributed by atoms with Crippen molar-refractivity contribution in [2.75, 3.05) is 0 Å². The lowest BCUT2D eigenvalue weighted by atomic mass is 9.92. The van der Waals surface area contributed by atoms with E-state index >= 15 is 0 Å². The molecule has 0 N–H and O–H groups in total. The van der Waals surface area contributed by atoms with Crippen molar-refractivity contribution in [1.82, 2.24) is 0 Å². The Kier molecular flexibility index (Phi) is 7.40. The van der Waals surface area contributed by atoms with Crippen LogP contribution in [-0.4, -0.2) is 0 Å². The van der Waals surface area contributed by atoms with Crippen LogP contribution < -0.4 is 5.30 Å². The van der Waals surface area contributed by atoms with Gasteiger partial charge in [-0.25, -0.2) is 0 Å². The van der Waals surface area contributed by atoms with Crippen molar-refractivity contribution in [3.05, 3.63) is 26.3 Å². The van der Waals surface area contributed by atoms with E-state index in [1.165, 1.54) is 23.1 Å². The lowest BCUT2D eigenvalue weighted by Crippen LogP contribution is -2.14. The fourth-order valence-electron chi connectivity index (χ4n) is 2.46. The van der Waals surface area contributed by atoms with Crippen LogP contribution in [0.15, 0.2) is 6.07 Å². The van der Waals surface area contributed by atoms with Gasteiger partial charge >= 0.3 is 0 Å². The Morgan fingerprint density at radius 2 is 1.56 bits per heavy atom. The van der Waals surface area contributed by atoms with Crippen molar-refractivity contribution < 1.29 is 4.57 Å². The molecule has 0 saturated heterocycles. The number of rotatable bonds is 7. The molecule has 1 rings (SSSR count). The zero-order valence-electron chi connectivity index (χ0n) is 11.6. The summed E-state index contributed by atoms with van der Waals surface area (Å²) >= 11 is 2.33. The standard InChI is InChI=1S/C15H22IOP/c1-4-7-11-10-14(16)15(18-17)13(9-6-3)12(11)8-5-2/h10H,4-9H2,1-3H3. The highest BCUT2D eigenvalue weighted by Crippen LogP contribution is 2.25. The zero-order chi connectivity index (χ0) is 13.5. The van der Waals surface area contributed by atoms with Crippen LogP contribution >= 0.6 is 31.1 Å². The van der Waals surface area contributed by atoms with E-state index in [4.69, 9.17) is 0 Å². The zero-order valence-corrected chi connectivity index (χ0v) is 14.6. The monoisotopic (exact) mass is 376 g/mol. The molecule has 0 aliphatic carbocycles. The van der Waals surface area contributed by atoms with E-state index in [9.17, 15) is 4.57 Å². The van der Waals surface area contributed by atoms with Gasteiger partial charge in [-0.1, -0.05) is 40.0 Å². The van der Waals surface area contributed by atoms with Crippen molar-refractivity contribution in [2.45, 2.75) is 59.3 Å². The Morgan fingerprint density at radius 3 is 2.06 bits per heavy atom. The van der Waals surface area contributed by atoms with E-state index < -0.39 is 0 Å². The first kappa shape index (κ1) is 16.1. The summed E-state index contributed by atoms with van der Waals surface area (Å²) < 4.78 is 12.6. The van der Waals surface area contributed by atoms with Crippen LogP contribution in [0.1, 0.15) is 56.7 Å². The second kappa shape index (κ2) is 8.27. The molecule has 0 fully saturated rings. The van der Waals surface area contributed by atoms with Gasteiger partial charge in [0.25, 0.3) is 0 Å². The minimum absolute atomic E-state index is 0.175. The first-order chi connectivity index (χ1) is 8.69. The van der Waals surface area contributed by atoms with Crippen LogP contribution in [0.25, 0.3) is 0 Å². The number of hydrogen-bond donors (Lipinski definition) is 0. The van der Waals surface area contributed by atoms with Crippen molar-refractivity contribution in [3.8, 4) is 0 Å². The molecule has 0 heterocycles. The molecule has 0 bridgehead atoms. The molecule has 1 aromatic carbocycles. The fourth-order valence-corrected chi connectivity index (χ4v) is 3.97. The van der Waals surface area contributed by atoms with Gasteiger partial charge in [-0.3, -0.25) is 4.57 Å². The molecule has 0 spiro atoms. The molecule has 0 saturated carbocycles. The predicted molar refractivity (Wildman–Crippen MR) is 88.4 cm³/mol. The average Bonchev–Trinajstić information content (AvgIpc) is 2.34. The van der Waals surface area contributed by atoms with Gasteiger partial charge in [-0.2, -0.15) is 0 Å². The molecule has 0 aliphatic heterocycles. The summed E-state index contributed by atoms with van der Waals surface area (Å²) in [6.45, 7) is 6.64. The first-order valence-corrected chi connectivity index (χ1v) is 8.75. The average molecular weight is 376 g/mol. The fraction of sp³-hybridized carbons (Fsp3) is 0.600. The molecule has 3 heteroatoms. The largest absolute Gasteiger partial charge is 0.269 e. The Morgan fingerprint density at radius 1 is 1.00 bits per heavy atom. The highest BCUT2D eigenvalue weighted by molar-refractivity contribution is 14.1. The summed E-state index contributed by atoms with van der Waals surface area (Å²) in [6.07, 6.45) is 6.75. The third-order valence-corrected chi connectivity index (χ3v) is 5.15. The maximum atomic E-state index is 11.4. The number of benzene rings is 1. The summed E-state index contributed by atoms with van der Waals surface area (Å²) in [5.74, 6) is 0. The molecule has 1 nitrogen and oxygen atoms in total. The molecule has 1 aromatic rings. The molecule has 0 aliphatic rings. The topological polar surface area (TPSA) is 17.1 Å². The van der Waals surface area contributed by atoms with E-state index in [1.807, 2.05) is 0 Å². The Bertz CT molecular complexity index is 415. The summed E-state index contributed by atoms with van der Waals surface area (Å²) in [5, 5.41) is 1.03. The molecule has 0 unspecified atom stereocenters. The highest BCUT2D eigenvalue weighted by Gasteiger charge is 2.15. The van der Waals surface area contributed by atoms with Crippen molar-refractivity contribution in [1.29, 1.82) is 0 Å². The minimum atomic E-state index is 0.175. The Hall–Kier alpha value is 0.0500. The van der Waals surface area contributed by atoms with Gasteiger partial charge in [0.05, 0.1) is 5.30 Å². The number of aryl methyl sites for hydroxylation is 1. The van der Waals surface area contributed by atoms with Crippen LogP contribution in [0.5, 0.6) is 0 Å². The van der Waals surface area contributed by atoms with E-state index in [1.54, 1.807) is 0 Å². The Balaban J connectivity index is 3.40. The van der Waals surface area contributed by atoms with Gasteiger partial charge in [0, 0.05) is 3.57 Å². The molecule has 0 aromatic heterocycles. The van der Waals surface area contributed by atoms with Gasteiger partial charge in [-0.05, 0) is 64.6 Å². The van der Waals surface area contributed by atoms with E-state index in [0.717, 1.165) is 41.0 Å². The lowest BCUT2D eigenvalue weighted by Gasteiger charge is -2.17. The van der Waals surface area contributed by atoms with Crippen molar-refractivity contribution in [3.63, 3.8) is 0 Å². The van der Waals surface area contributed by atoms with E-state index in [-0.39, 0.29) is 8.46 Å². The molecular weight excluding hydrogens is 354 g/mol. The third kappa shape index (κ3) is 3.77. The SMILES string of the molecule is CCCc1cc(I)c(P=O)c(CCC)c1CCC. The molecular formula is C15H22IOP. The van der Waals surface area contributed by atoms with E-state index in [0.29, 0.717) is 0 Å². The smallest absolute Gasteiger partial charge is 0.193 e. The highest BCUT2D eigenvalue weighted by atomic mass is 127. The van der Waals surface area contributed by atoms with Crippen molar-refractivity contribution >= 4 is 36.4 Å². The number of halogens is 1. The molecule has 0 radical (unpaired) electrons. The van der Waals surface area contributed by atoms with Crippen LogP contribution in [0.4, 0.5) is 0 Å². The molecule has 18 heavy (non-hydrogen) atoms. The maximum Gasteiger partial charge on any atom is 0.193 e. The van der Waals surface area contributed by atoms with Gasteiger partial charge in [0.15, 0.2) is 8.46 Å². The Labute approximate surface area is 126 Å². The summed E-state index contributed by atoms with van der Waals surface area (Å²) in [7, 11) is 0.175. The normalized spacial score (nSPS) is 11.1. The van der Waals surface area contributed by atoms with Crippen LogP contribution in [0, 0.1) is 3.57 Å². The molecule has 0 atom stereocenters. The third-order valence-electron chi connectivity index (χ3n) is 3.18. The predicted octanol–water partition coefficient (Wildman–Crippen LogP) is 5.07. The van der Waals surface area contributed by atoms with Gasteiger partial charge in [-0.15, -0.1) is 0 Å². The quantitative estimate of drug-likeness (QED) is 0.480. The summed E-state index contributed by atoms with van der Waals surface area (Å²) in [5.41, 5.74) is 4.30. The van der Waals surface area contributed by atoms with Gasteiger partial charge < -0.3 is 0 Å². The van der Waals surface area contributed by atoms with Crippen LogP contribution in [0.2, 0.25) is 0 Å². The minimum Gasteiger partial charge on any atom is -0.269 e. The molecule has 100 valence electrons. The summed E-state index contributed by atoms with van der Waals surface area (Å²) in [6, 6.07) is 2.24. The van der Waals surface area contributed by atoms with Gasteiger partial charge in [0.1, 0.15) is 0 Å². The second-order valence-electron chi connectivity index (χ2n) is 4.66. The second-order valence-corrected chi connectivity index (χ2v) is 6.46. The summed E-state index contributed by atoms with van der Waals surface area (Å²) in [4.78, 5) is 0. The maximum absolute atomic E-state index is 11.4. The molecule has 0 amide bonds. The van der Waals surface area contributed by atoms with Crippen LogP contribution in [-0.2, 0) is 23.8 Å². The lowest BCUT2D eigenvalue weighted by molar-refractivity contribution is 0.602. The van der Waals surface area contributed by atoms with Crippen LogP contribution in [0.3, 0.4) is 0 Å².